The highest BCUT2D eigenvalue weighted by atomic mass is 19.4. The average molecular weight is 467 g/mol. The normalized spacial score (nSPS) is 12.4. The number of benzene rings is 1. The molecule has 3 rings (SSSR count). The zero-order chi connectivity index (χ0) is 24.2. The first kappa shape index (κ1) is 24.0. The first-order valence-electron chi connectivity index (χ1n) is 9.75. The van der Waals surface area contributed by atoms with Crippen molar-refractivity contribution in [2.45, 2.75) is 32.5 Å². The Bertz CT molecular complexity index is 1200. The van der Waals surface area contributed by atoms with Gasteiger partial charge in [0.15, 0.2) is 17.2 Å². The van der Waals surface area contributed by atoms with E-state index in [4.69, 9.17) is 10.3 Å². The maximum Gasteiger partial charge on any atom is 0.389 e. The maximum absolute atomic E-state index is 13.9. The van der Waals surface area contributed by atoms with Crippen LogP contribution in [0.5, 0.6) is 5.75 Å². The molecule has 0 fully saturated rings. The van der Waals surface area contributed by atoms with E-state index in [-0.39, 0.29) is 28.3 Å². The molecule has 2 heterocycles. The minimum absolute atomic E-state index is 0.0423. The van der Waals surface area contributed by atoms with Crippen molar-refractivity contribution < 1.29 is 31.5 Å². The number of ether oxygens (including phenoxy) is 1. The van der Waals surface area contributed by atoms with Crippen molar-refractivity contribution in [2.75, 3.05) is 6.54 Å². The van der Waals surface area contributed by atoms with Gasteiger partial charge in [0, 0.05) is 30.5 Å². The molecule has 0 spiro atoms. The van der Waals surface area contributed by atoms with Crippen LogP contribution in [0.4, 0.5) is 22.0 Å². The minimum atomic E-state index is -4.53. The van der Waals surface area contributed by atoms with Crippen molar-refractivity contribution in [1.82, 2.24) is 9.38 Å². The molecule has 0 aliphatic heterocycles. The van der Waals surface area contributed by atoms with Crippen LogP contribution in [0.15, 0.2) is 41.6 Å². The van der Waals surface area contributed by atoms with E-state index in [0.29, 0.717) is 0 Å². The summed E-state index contributed by atoms with van der Waals surface area (Å²) in [5.74, 6) is -3.30. The lowest BCUT2D eigenvalue weighted by atomic mass is 9.96. The summed E-state index contributed by atoms with van der Waals surface area (Å²) in [7, 11) is 0. The van der Waals surface area contributed by atoms with Crippen LogP contribution in [0.25, 0.3) is 16.1 Å². The molecular weight excluding hydrogens is 449 g/mol. The molecule has 0 aliphatic carbocycles. The summed E-state index contributed by atoms with van der Waals surface area (Å²) in [5.41, 5.74) is 8.59. The third kappa shape index (κ3) is 5.78. The molecule has 0 bridgehead atoms. The van der Waals surface area contributed by atoms with Gasteiger partial charge in [-0.25, -0.2) is 13.8 Å². The number of carbonyl (C=O) groups excluding carboxylic acids is 1. The largest absolute Gasteiger partial charge is 0.485 e. The Morgan fingerprint density at radius 2 is 1.94 bits per heavy atom. The Hall–Kier alpha value is -3.66. The molecule has 1 unspecified atom stereocenters. The molecule has 12 heteroatoms. The highest BCUT2D eigenvalue weighted by Crippen LogP contribution is 2.30. The Morgan fingerprint density at radius 1 is 1.24 bits per heavy atom. The van der Waals surface area contributed by atoms with Crippen molar-refractivity contribution in [3.63, 3.8) is 0 Å². The second-order valence-corrected chi connectivity index (χ2v) is 7.33. The summed E-state index contributed by atoms with van der Waals surface area (Å²) >= 11 is 0. The molecule has 174 valence electrons. The highest BCUT2D eigenvalue weighted by molar-refractivity contribution is 5.96. The van der Waals surface area contributed by atoms with E-state index >= 15 is 0 Å². The smallest absolute Gasteiger partial charge is 0.389 e. The Kier molecular flexibility index (Phi) is 7.17. The standard InChI is InChI=1S/C21H18F5N5O2/c1-12-19(17(32)8-13(10-28-30-27)9-21(24,25)26)31-7-3-6-18(20(31)29-12)33-11-14-15(22)4-2-5-16(14)23/h2-7,13H,8-11H2,1H3. The lowest BCUT2D eigenvalue weighted by molar-refractivity contribution is -0.143. The summed E-state index contributed by atoms with van der Waals surface area (Å²) in [6, 6.07) is 6.39. The van der Waals surface area contributed by atoms with Crippen LogP contribution >= 0.6 is 0 Å². The van der Waals surface area contributed by atoms with Gasteiger partial charge in [-0.1, -0.05) is 11.2 Å². The molecule has 3 aromatic rings. The highest BCUT2D eigenvalue weighted by Gasteiger charge is 2.33. The number of nitrogens with zero attached hydrogens (tertiary/aromatic N) is 5. The van der Waals surface area contributed by atoms with Gasteiger partial charge in [0.2, 0.25) is 0 Å². The van der Waals surface area contributed by atoms with Crippen LogP contribution in [0.2, 0.25) is 0 Å². The molecular formula is C21H18F5N5O2. The number of imidazole rings is 1. The van der Waals surface area contributed by atoms with Gasteiger partial charge in [-0.2, -0.15) is 13.2 Å². The number of rotatable bonds is 9. The second-order valence-electron chi connectivity index (χ2n) is 7.33. The third-order valence-electron chi connectivity index (χ3n) is 4.88. The van der Waals surface area contributed by atoms with Crippen LogP contribution in [-0.2, 0) is 6.61 Å². The molecule has 0 N–H and O–H groups in total. The average Bonchev–Trinajstić information content (AvgIpc) is 3.07. The number of carbonyl (C=O) groups is 1. The van der Waals surface area contributed by atoms with Crippen LogP contribution in [0.1, 0.15) is 34.6 Å². The predicted molar refractivity (Wildman–Crippen MR) is 108 cm³/mol. The van der Waals surface area contributed by atoms with E-state index in [9.17, 15) is 26.7 Å². The summed E-state index contributed by atoms with van der Waals surface area (Å²) in [6.07, 6.45) is -4.85. The molecule has 0 aliphatic rings. The van der Waals surface area contributed by atoms with Gasteiger partial charge in [-0.3, -0.25) is 9.20 Å². The van der Waals surface area contributed by atoms with Gasteiger partial charge in [0.25, 0.3) is 0 Å². The van der Waals surface area contributed by atoms with Gasteiger partial charge in [0.1, 0.15) is 23.9 Å². The van der Waals surface area contributed by atoms with Gasteiger partial charge in [-0.05, 0) is 42.6 Å². The lowest BCUT2D eigenvalue weighted by Gasteiger charge is -2.16. The Labute approximate surface area is 184 Å². The molecule has 0 saturated heterocycles. The number of ketones is 1. The number of halogens is 5. The monoisotopic (exact) mass is 467 g/mol. The number of aromatic nitrogens is 2. The lowest BCUT2D eigenvalue weighted by Crippen LogP contribution is -2.21. The fourth-order valence-corrected chi connectivity index (χ4v) is 3.46. The van der Waals surface area contributed by atoms with Crippen LogP contribution < -0.4 is 4.74 Å². The zero-order valence-corrected chi connectivity index (χ0v) is 17.3. The quantitative estimate of drug-likeness (QED) is 0.128. The number of pyridine rings is 1. The first-order chi connectivity index (χ1) is 15.6. The molecule has 1 aromatic carbocycles. The van der Waals surface area contributed by atoms with Crippen molar-refractivity contribution in [1.29, 1.82) is 0 Å². The summed E-state index contributed by atoms with van der Waals surface area (Å²) in [4.78, 5) is 19.6. The molecule has 0 saturated carbocycles. The van der Waals surface area contributed by atoms with E-state index < -0.39 is 55.5 Å². The van der Waals surface area contributed by atoms with Crippen LogP contribution in [0, 0.1) is 24.5 Å². The van der Waals surface area contributed by atoms with Crippen LogP contribution in [-0.4, -0.2) is 27.9 Å². The maximum atomic E-state index is 13.9. The Balaban J connectivity index is 1.88. The van der Waals surface area contributed by atoms with Gasteiger partial charge in [0.05, 0.1) is 11.3 Å². The molecule has 0 radical (unpaired) electrons. The van der Waals surface area contributed by atoms with E-state index in [1.54, 1.807) is 0 Å². The van der Waals surface area contributed by atoms with E-state index in [1.165, 1.54) is 35.7 Å². The zero-order valence-electron chi connectivity index (χ0n) is 17.3. The summed E-state index contributed by atoms with van der Waals surface area (Å²) < 4.78 is 73.2. The van der Waals surface area contributed by atoms with Gasteiger partial charge >= 0.3 is 6.18 Å². The first-order valence-corrected chi connectivity index (χ1v) is 9.75. The van der Waals surface area contributed by atoms with E-state index in [1.807, 2.05) is 0 Å². The van der Waals surface area contributed by atoms with Crippen molar-refractivity contribution in [2.24, 2.45) is 11.0 Å². The molecule has 33 heavy (non-hydrogen) atoms. The third-order valence-corrected chi connectivity index (χ3v) is 4.88. The van der Waals surface area contributed by atoms with Gasteiger partial charge < -0.3 is 4.74 Å². The van der Waals surface area contributed by atoms with E-state index in [2.05, 4.69) is 15.0 Å². The minimum Gasteiger partial charge on any atom is -0.485 e. The molecule has 2 aromatic heterocycles. The van der Waals surface area contributed by atoms with Crippen molar-refractivity contribution in [3.05, 3.63) is 75.6 Å². The number of alkyl halides is 3. The SMILES string of the molecule is Cc1nc2c(OCc3c(F)cccc3F)cccn2c1C(=O)CC(CN=[N+]=[N-])CC(F)(F)F. The van der Waals surface area contributed by atoms with Gasteiger partial charge in [-0.15, -0.1) is 0 Å². The fourth-order valence-electron chi connectivity index (χ4n) is 3.46. The topological polar surface area (TPSA) is 92.4 Å². The van der Waals surface area contributed by atoms with E-state index in [0.717, 1.165) is 12.1 Å². The predicted octanol–water partition coefficient (Wildman–Crippen LogP) is 5.95. The number of Topliss-reactive ketones (excluding diaryl/α,β-unsaturated/α-hetero) is 1. The molecule has 0 amide bonds. The van der Waals surface area contributed by atoms with Crippen molar-refractivity contribution >= 4 is 11.4 Å². The summed E-state index contributed by atoms with van der Waals surface area (Å²) in [5, 5.41) is 3.18. The number of hydrogen-bond acceptors (Lipinski definition) is 4. The fraction of sp³-hybridized carbons (Fsp3) is 0.333. The van der Waals surface area contributed by atoms with Crippen LogP contribution in [0.3, 0.4) is 0 Å². The molecule has 1 atom stereocenters. The number of azide groups is 1. The summed E-state index contributed by atoms with van der Waals surface area (Å²) in [6.45, 7) is 0.583. The Morgan fingerprint density at radius 3 is 2.58 bits per heavy atom. The second kappa shape index (κ2) is 9.86. The van der Waals surface area contributed by atoms with Crippen molar-refractivity contribution in [3.8, 4) is 5.75 Å². The number of aryl methyl sites for hydroxylation is 1. The number of fused-ring (bicyclic) bond motifs is 1. The molecule has 7 nitrogen and oxygen atoms in total. The number of hydrogen-bond donors (Lipinski definition) is 0.